The van der Waals surface area contributed by atoms with Gasteiger partial charge in [-0.05, 0) is 24.0 Å². The molecule has 4 nitrogen and oxygen atoms in total. The van der Waals surface area contributed by atoms with Crippen LogP contribution < -0.4 is 5.73 Å². The average Bonchev–Trinajstić information content (AvgIpc) is 2.85. The van der Waals surface area contributed by atoms with Crippen LogP contribution in [0.15, 0.2) is 4.52 Å². The van der Waals surface area contributed by atoms with Crippen LogP contribution >= 0.6 is 11.8 Å². The Balaban J connectivity index is 2.12. The van der Waals surface area contributed by atoms with E-state index < -0.39 is 0 Å². The van der Waals surface area contributed by atoms with E-state index in [0.717, 1.165) is 12.3 Å². The van der Waals surface area contributed by atoms with Gasteiger partial charge in [0.15, 0.2) is 5.82 Å². The molecule has 16 heavy (non-hydrogen) atoms. The van der Waals surface area contributed by atoms with Crippen LogP contribution in [0.2, 0.25) is 0 Å². The molecule has 2 N–H and O–H groups in total. The predicted octanol–water partition coefficient (Wildman–Crippen LogP) is 2.68. The number of aromatic nitrogens is 2. The van der Waals surface area contributed by atoms with Crippen LogP contribution in [0.3, 0.4) is 0 Å². The quantitative estimate of drug-likeness (QED) is 0.862. The third kappa shape index (κ3) is 2.40. The van der Waals surface area contributed by atoms with Crippen LogP contribution in [0.1, 0.15) is 56.6 Å². The van der Waals surface area contributed by atoms with E-state index in [1.807, 2.05) is 11.8 Å². The third-order valence-electron chi connectivity index (χ3n) is 2.87. The minimum Gasteiger partial charge on any atom is -0.338 e. The SMILES string of the molecule is CC(C)(C)C(N)c1noc(C2CCCS2)n1. The zero-order valence-electron chi connectivity index (χ0n) is 10.1. The third-order valence-corrected chi connectivity index (χ3v) is 4.24. The maximum absolute atomic E-state index is 6.09. The van der Waals surface area contributed by atoms with Gasteiger partial charge in [0, 0.05) is 0 Å². The molecule has 0 radical (unpaired) electrons. The highest BCUT2D eigenvalue weighted by Crippen LogP contribution is 2.39. The summed E-state index contributed by atoms with van der Waals surface area (Å²) in [5, 5.41) is 4.39. The van der Waals surface area contributed by atoms with E-state index in [1.54, 1.807) is 0 Å². The van der Waals surface area contributed by atoms with Crippen molar-refractivity contribution in [1.29, 1.82) is 0 Å². The van der Waals surface area contributed by atoms with E-state index in [4.69, 9.17) is 10.3 Å². The molecule has 1 aliphatic rings. The molecule has 0 spiro atoms. The summed E-state index contributed by atoms with van der Waals surface area (Å²) in [4.78, 5) is 4.44. The molecule has 90 valence electrons. The zero-order valence-corrected chi connectivity index (χ0v) is 10.9. The Morgan fingerprint density at radius 3 is 2.81 bits per heavy atom. The van der Waals surface area contributed by atoms with Crippen molar-refractivity contribution in [2.24, 2.45) is 11.1 Å². The van der Waals surface area contributed by atoms with E-state index in [1.165, 1.54) is 12.2 Å². The predicted molar refractivity (Wildman–Crippen MR) is 65.1 cm³/mol. The largest absolute Gasteiger partial charge is 0.338 e. The Morgan fingerprint density at radius 1 is 1.50 bits per heavy atom. The summed E-state index contributed by atoms with van der Waals surface area (Å²) in [5.41, 5.74) is 6.05. The fourth-order valence-electron chi connectivity index (χ4n) is 1.66. The first-order valence-electron chi connectivity index (χ1n) is 5.69. The van der Waals surface area contributed by atoms with E-state index >= 15 is 0 Å². The summed E-state index contributed by atoms with van der Waals surface area (Å²) in [6.45, 7) is 6.24. The Kier molecular flexibility index (Phi) is 3.26. The van der Waals surface area contributed by atoms with Crippen LogP contribution in [-0.2, 0) is 0 Å². The summed E-state index contributed by atoms with van der Waals surface area (Å²) in [6, 6.07) is -0.170. The Bertz CT molecular complexity index is 352. The lowest BCUT2D eigenvalue weighted by molar-refractivity contribution is 0.300. The van der Waals surface area contributed by atoms with Gasteiger partial charge in [-0.3, -0.25) is 0 Å². The van der Waals surface area contributed by atoms with Crippen LogP contribution in [0.5, 0.6) is 0 Å². The minimum absolute atomic E-state index is 0.0377. The molecule has 1 aliphatic heterocycles. The second-order valence-electron chi connectivity index (χ2n) is 5.34. The molecule has 2 heterocycles. The van der Waals surface area contributed by atoms with Crippen molar-refractivity contribution in [3.05, 3.63) is 11.7 Å². The van der Waals surface area contributed by atoms with Crippen molar-refractivity contribution in [2.75, 3.05) is 5.75 Å². The van der Waals surface area contributed by atoms with Gasteiger partial charge in [0.25, 0.3) is 0 Å². The molecule has 2 unspecified atom stereocenters. The molecule has 0 aromatic carbocycles. The molecular weight excluding hydrogens is 222 g/mol. The number of rotatable bonds is 2. The second kappa shape index (κ2) is 4.37. The van der Waals surface area contributed by atoms with E-state index in [9.17, 15) is 0 Å². The molecule has 2 rings (SSSR count). The number of hydrogen-bond donors (Lipinski definition) is 1. The van der Waals surface area contributed by atoms with Crippen LogP contribution in [0, 0.1) is 5.41 Å². The monoisotopic (exact) mass is 241 g/mol. The molecule has 0 saturated carbocycles. The second-order valence-corrected chi connectivity index (χ2v) is 6.65. The molecule has 0 amide bonds. The van der Waals surface area contributed by atoms with Gasteiger partial charge in [0.05, 0.1) is 11.3 Å². The summed E-state index contributed by atoms with van der Waals surface area (Å²) < 4.78 is 5.30. The summed E-state index contributed by atoms with van der Waals surface area (Å²) in [6.07, 6.45) is 2.37. The van der Waals surface area contributed by atoms with Gasteiger partial charge in [-0.15, -0.1) is 11.8 Å². The van der Waals surface area contributed by atoms with E-state index in [-0.39, 0.29) is 11.5 Å². The lowest BCUT2D eigenvalue weighted by Gasteiger charge is -2.23. The van der Waals surface area contributed by atoms with Gasteiger partial charge < -0.3 is 10.3 Å². The summed E-state index contributed by atoms with van der Waals surface area (Å²) in [7, 11) is 0. The number of nitrogens with zero attached hydrogens (tertiary/aromatic N) is 2. The van der Waals surface area contributed by atoms with Gasteiger partial charge >= 0.3 is 0 Å². The first-order valence-corrected chi connectivity index (χ1v) is 6.74. The van der Waals surface area contributed by atoms with Crippen LogP contribution in [0.25, 0.3) is 0 Å². The van der Waals surface area contributed by atoms with Crippen molar-refractivity contribution in [1.82, 2.24) is 10.1 Å². The van der Waals surface area contributed by atoms with Crippen LogP contribution in [-0.4, -0.2) is 15.9 Å². The lowest BCUT2D eigenvalue weighted by Crippen LogP contribution is -2.27. The molecule has 1 fully saturated rings. The molecule has 1 saturated heterocycles. The van der Waals surface area contributed by atoms with Gasteiger partial charge in [-0.2, -0.15) is 4.98 Å². The van der Waals surface area contributed by atoms with E-state index in [0.29, 0.717) is 11.1 Å². The van der Waals surface area contributed by atoms with Crippen LogP contribution in [0.4, 0.5) is 0 Å². The van der Waals surface area contributed by atoms with E-state index in [2.05, 4.69) is 30.9 Å². The topological polar surface area (TPSA) is 64.9 Å². The van der Waals surface area contributed by atoms with Crippen molar-refractivity contribution in [3.63, 3.8) is 0 Å². The summed E-state index contributed by atoms with van der Waals surface area (Å²) >= 11 is 1.89. The highest BCUT2D eigenvalue weighted by Gasteiger charge is 2.29. The maximum atomic E-state index is 6.09. The normalized spacial score (nSPS) is 23.6. The highest BCUT2D eigenvalue weighted by atomic mass is 32.2. The Labute approximate surface area is 100 Å². The fourth-order valence-corrected chi connectivity index (χ4v) is 2.85. The Morgan fingerprint density at radius 2 is 2.25 bits per heavy atom. The standard InChI is InChI=1S/C11H19N3OS/c1-11(2,3)8(12)9-13-10(15-14-9)7-5-4-6-16-7/h7-8H,4-6,12H2,1-3H3. The molecule has 5 heteroatoms. The summed E-state index contributed by atoms with van der Waals surface area (Å²) in [5.74, 6) is 2.57. The Hall–Kier alpha value is -0.550. The molecule has 0 bridgehead atoms. The van der Waals surface area contributed by atoms with Gasteiger partial charge in [0.2, 0.25) is 5.89 Å². The fraction of sp³-hybridized carbons (Fsp3) is 0.818. The average molecular weight is 241 g/mol. The first-order chi connectivity index (χ1) is 7.48. The lowest BCUT2D eigenvalue weighted by atomic mass is 9.87. The maximum Gasteiger partial charge on any atom is 0.239 e. The number of nitrogens with two attached hydrogens (primary N) is 1. The molecule has 0 aliphatic carbocycles. The molecule has 1 aromatic heterocycles. The number of thioether (sulfide) groups is 1. The number of hydrogen-bond acceptors (Lipinski definition) is 5. The minimum atomic E-state index is -0.170. The van der Waals surface area contributed by atoms with Crippen molar-refractivity contribution in [2.45, 2.75) is 44.9 Å². The van der Waals surface area contributed by atoms with Crippen molar-refractivity contribution < 1.29 is 4.52 Å². The van der Waals surface area contributed by atoms with Crippen molar-refractivity contribution in [3.8, 4) is 0 Å². The van der Waals surface area contributed by atoms with Gasteiger partial charge in [0.1, 0.15) is 0 Å². The van der Waals surface area contributed by atoms with Gasteiger partial charge in [-0.1, -0.05) is 25.9 Å². The molecule has 1 aromatic rings. The molecule has 2 atom stereocenters. The smallest absolute Gasteiger partial charge is 0.239 e. The zero-order chi connectivity index (χ0) is 11.8. The first kappa shape index (κ1) is 11.9. The van der Waals surface area contributed by atoms with Crippen molar-refractivity contribution >= 4 is 11.8 Å². The van der Waals surface area contributed by atoms with Gasteiger partial charge in [-0.25, -0.2) is 0 Å². The molecular formula is C11H19N3OS. The highest BCUT2D eigenvalue weighted by molar-refractivity contribution is 7.99.